The molecule has 8 heteroatoms. The maximum Gasteiger partial charge on any atom is 0.417 e. The van der Waals surface area contributed by atoms with E-state index in [0.29, 0.717) is 18.9 Å². The smallest absolute Gasteiger partial charge is 0.353 e. The zero-order valence-electron chi connectivity index (χ0n) is 12.1. The highest BCUT2D eigenvalue weighted by atomic mass is 19.4. The fraction of sp³-hybridized carbons (Fsp3) is 0.429. The summed E-state index contributed by atoms with van der Waals surface area (Å²) in [6.07, 6.45) is 0.182. The maximum absolute atomic E-state index is 12.5. The Bertz CT molecular complexity index is 627. The largest absolute Gasteiger partial charge is 0.417 e. The predicted molar refractivity (Wildman–Crippen MR) is 76.9 cm³/mol. The Labute approximate surface area is 126 Å². The number of rotatable bonds is 2. The van der Waals surface area contributed by atoms with Crippen LogP contribution < -0.4 is 9.80 Å². The second kappa shape index (κ2) is 5.51. The van der Waals surface area contributed by atoms with Crippen LogP contribution in [0, 0.1) is 0 Å². The molecule has 2 aromatic rings. The number of anilines is 2. The molecule has 2 aromatic heterocycles. The highest BCUT2D eigenvalue weighted by Gasteiger charge is 2.31. The highest BCUT2D eigenvalue weighted by molar-refractivity contribution is 5.43. The minimum Gasteiger partial charge on any atom is -0.353 e. The maximum atomic E-state index is 12.5. The molecule has 0 radical (unpaired) electrons. The van der Waals surface area contributed by atoms with Crippen LogP contribution in [0.2, 0.25) is 0 Å². The summed E-state index contributed by atoms with van der Waals surface area (Å²) in [5.74, 6) is 1.48. The van der Waals surface area contributed by atoms with Crippen LogP contribution >= 0.6 is 0 Å². The molecule has 0 aliphatic carbocycles. The highest BCUT2D eigenvalue weighted by Crippen LogP contribution is 2.29. The van der Waals surface area contributed by atoms with Gasteiger partial charge in [-0.25, -0.2) is 9.97 Å². The number of halogens is 3. The molecule has 1 aliphatic rings. The van der Waals surface area contributed by atoms with Gasteiger partial charge in [0.15, 0.2) is 0 Å². The first-order valence-corrected chi connectivity index (χ1v) is 6.95. The molecule has 0 atom stereocenters. The van der Waals surface area contributed by atoms with Crippen molar-refractivity contribution >= 4 is 11.8 Å². The van der Waals surface area contributed by atoms with Crippen LogP contribution in [0.3, 0.4) is 0 Å². The van der Waals surface area contributed by atoms with Gasteiger partial charge in [-0.15, -0.1) is 0 Å². The summed E-state index contributed by atoms with van der Waals surface area (Å²) in [5.41, 5.74) is -0.720. The molecule has 0 bridgehead atoms. The molecule has 3 heterocycles. The normalized spacial score (nSPS) is 16.2. The molecule has 0 aromatic carbocycles. The Morgan fingerprint density at radius 2 is 1.68 bits per heavy atom. The Balaban J connectivity index is 1.65. The van der Waals surface area contributed by atoms with Crippen LogP contribution in [0.15, 0.2) is 30.7 Å². The van der Waals surface area contributed by atoms with Crippen molar-refractivity contribution in [2.75, 3.05) is 36.0 Å². The fourth-order valence-electron chi connectivity index (χ4n) is 2.54. The van der Waals surface area contributed by atoms with Crippen molar-refractivity contribution in [3.63, 3.8) is 0 Å². The summed E-state index contributed by atoms with van der Waals surface area (Å²) in [6, 6.07) is 2.51. The molecule has 3 rings (SSSR count). The Morgan fingerprint density at radius 3 is 2.18 bits per heavy atom. The zero-order valence-corrected chi connectivity index (χ0v) is 12.1. The lowest BCUT2D eigenvalue weighted by Crippen LogP contribution is -2.47. The lowest BCUT2D eigenvalue weighted by molar-refractivity contribution is -0.137. The first-order chi connectivity index (χ1) is 10.4. The minimum absolute atomic E-state index is 0.576. The molecule has 0 saturated carbocycles. The van der Waals surface area contributed by atoms with E-state index in [0.717, 1.165) is 31.3 Å². The lowest BCUT2D eigenvalue weighted by Gasteiger charge is -2.35. The van der Waals surface area contributed by atoms with Crippen molar-refractivity contribution in [1.82, 2.24) is 14.5 Å². The second-order valence-corrected chi connectivity index (χ2v) is 5.22. The van der Waals surface area contributed by atoms with Gasteiger partial charge in [-0.3, -0.25) is 0 Å². The van der Waals surface area contributed by atoms with E-state index >= 15 is 0 Å². The number of aromatic nitrogens is 3. The van der Waals surface area contributed by atoms with Gasteiger partial charge >= 0.3 is 6.18 Å². The first-order valence-electron chi connectivity index (χ1n) is 6.95. The fourth-order valence-corrected chi connectivity index (χ4v) is 2.54. The second-order valence-electron chi connectivity index (χ2n) is 5.22. The van der Waals surface area contributed by atoms with Gasteiger partial charge < -0.3 is 14.4 Å². The van der Waals surface area contributed by atoms with E-state index < -0.39 is 11.7 Å². The molecule has 0 unspecified atom stereocenters. The van der Waals surface area contributed by atoms with E-state index in [1.54, 1.807) is 6.20 Å². The molecule has 1 saturated heterocycles. The average Bonchev–Trinajstić information content (AvgIpc) is 2.93. The van der Waals surface area contributed by atoms with Crippen LogP contribution in [-0.4, -0.2) is 40.7 Å². The van der Waals surface area contributed by atoms with Crippen LogP contribution in [0.4, 0.5) is 24.9 Å². The SMILES string of the molecule is Cn1ccnc1N1CCN(c2ccc(C(F)(F)F)cn2)CC1. The van der Waals surface area contributed by atoms with Gasteiger partial charge in [0.2, 0.25) is 5.95 Å². The van der Waals surface area contributed by atoms with E-state index in [9.17, 15) is 13.2 Å². The summed E-state index contributed by atoms with van der Waals surface area (Å²) in [4.78, 5) is 12.4. The third kappa shape index (κ3) is 2.86. The van der Waals surface area contributed by atoms with E-state index in [1.165, 1.54) is 6.07 Å². The van der Waals surface area contributed by atoms with Crippen LogP contribution in [0.25, 0.3) is 0 Å². The van der Waals surface area contributed by atoms with E-state index in [2.05, 4.69) is 14.9 Å². The number of imidazole rings is 1. The average molecular weight is 311 g/mol. The van der Waals surface area contributed by atoms with Crippen LogP contribution in [0.1, 0.15) is 5.56 Å². The molecule has 1 fully saturated rings. The number of aryl methyl sites for hydroxylation is 1. The van der Waals surface area contributed by atoms with E-state index in [-0.39, 0.29) is 0 Å². The van der Waals surface area contributed by atoms with Gasteiger partial charge in [0.25, 0.3) is 0 Å². The number of alkyl halides is 3. The van der Waals surface area contributed by atoms with Crippen molar-refractivity contribution in [1.29, 1.82) is 0 Å². The Morgan fingerprint density at radius 1 is 1.00 bits per heavy atom. The van der Waals surface area contributed by atoms with Gasteiger partial charge in [0.05, 0.1) is 5.56 Å². The first kappa shape index (κ1) is 14.7. The molecule has 1 aliphatic heterocycles. The summed E-state index contributed by atoms with van der Waals surface area (Å²) >= 11 is 0. The van der Waals surface area contributed by atoms with Crippen molar-refractivity contribution < 1.29 is 13.2 Å². The lowest BCUT2D eigenvalue weighted by atomic mass is 10.2. The number of hydrogen-bond acceptors (Lipinski definition) is 4. The number of hydrogen-bond donors (Lipinski definition) is 0. The molecule has 5 nitrogen and oxygen atoms in total. The summed E-state index contributed by atoms with van der Waals surface area (Å²) in [5, 5.41) is 0. The molecular formula is C14H16F3N5. The van der Waals surface area contributed by atoms with Crippen molar-refractivity contribution in [2.45, 2.75) is 6.18 Å². The molecular weight excluding hydrogens is 295 g/mol. The standard InChI is InChI=1S/C14H16F3N5/c1-20-5-4-18-13(20)22-8-6-21(7-9-22)12-3-2-11(10-19-12)14(15,16)17/h2-5,10H,6-9H2,1H3. The van der Waals surface area contributed by atoms with Gasteiger partial charge in [-0.1, -0.05) is 0 Å². The molecule has 0 N–H and O–H groups in total. The number of piperazine rings is 1. The summed E-state index contributed by atoms with van der Waals surface area (Å²) in [7, 11) is 1.94. The van der Waals surface area contributed by atoms with Gasteiger partial charge in [0, 0.05) is 51.8 Å². The number of pyridine rings is 1. The van der Waals surface area contributed by atoms with Gasteiger partial charge in [0.1, 0.15) is 5.82 Å². The Kier molecular flexibility index (Phi) is 3.67. The molecule has 118 valence electrons. The van der Waals surface area contributed by atoms with E-state index in [1.807, 2.05) is 22.7 Å². The van der Waals surface area contributed by atoms with Crippen LogP contribution in [-0.2, 0) is 13.2 Å². The van der Waals surface area contributed by atoms with Crippen molar-refractivity contribution in [2.24, 2.45) is 7.05 Å². The monoisotopic (exact) mass is 311 g/mol. The summed E-state index contributed by atoms with van der Waals surface area (Å²) in [6.45, 7) is 2.91. The molecule has 0 amide bonds. The minimum atomic E-state index is -4.34. The van der Waals surface area contributed by atoms with E-state index in [4.69, 9.17) is 0 Å². The zero-order chi connectivity index (χ0) is 15.7. The quantitative estimate of drug-likeness (QED) is 0.852. The van der Waals surface area contributed by atoms with Gasteiger partial charge in [-0.2, -0.15) is 13.2 Å². The third-order valence-corrected chi connectivity index (χ3v) is 3.76. The van der Waals surface area contributed by atoms with Crippen molar-refractivity contribution in [3.8, 4) is 0 Å². The Hall–Kier alpha value is -2.25. The predicted octanol–water partition coefficient (Wildman–Crippen LogP) is 2.16. The van der Waals surface area contributed by atoms with Gasteiger partial charge in [-0.05, 0) is 12.1 Å². The molecule has 22 heavy (non-hydrogen) atoms. The van der Waals surface area contributed by atoms with Crippen molar-refractivity contribution in [3.05, 3.63) is 36.3 Å². The number of nitrogens with zero attached hydrogens (tertiary/aromatic N) is 5. The summed E-state index contributed by atoms with van der Waals surface area (Å²) < 4.78 is 39.6. The molecule has 0 spiro atoms. The van der Waals surface area contributed by atoms with Crippen LogP contribution in [0.5, 0.6) is 0 Å². The third-order valence-electron chi connectivity index (χ3n) is 3.76. The topological polar surface area (TPSA) is 37.2 Å².